The van der Waals surface area contributed by atoms with Crippen LogP contribution in [-0.2, 0) is 0 Å². The normalized spacial score (nSPS) is 13.6. The predicted octanol–water partition coefficient (Wildman–Crippen LogP) is 3.21. The average molecular weight is 220 g/mol. The summed E-state index contributed by atoms with van der Waals surface area (Å²) in [4.78, 5) is 4.23. The summed E-state index contributed by atoms with van der Waals surface area (Å²) in [5.41, 5.74) is 8.56. The molecule has 0 radical (unpaired) electrons. The molecule has 86 valence electrons. The molecule has 0 fully saturated rings. The Bertz CT molecular complexity index is 406. The number of aryl methyl sites for hydroxylation is 1. The second-order valence-electron chi connectivity index (χ2n) is 3.91. The van der Waals surface area contributed by atoms with Crippen LogP contribution >= 0.6 is 0 Å². The molecule has 1 rings (SSSR count). The summed E-state index contributed by atoms with van der Waals surface area (Å²) in [7, 11) is 0. The Morgan fingerprint density at radius 3 is 2.94 bits per heavy atom. The van der Waals surface area contributed by atoms with Crippen LogP contribution in [0, 0.1) is 6.92 Å². The smallest absolute Gasteiger partial charge is 0.0971 e. The van der Waals surface area contributed by atoms with E-state index in [0.717, 1.165) is 11.3 Å². The number of rotatable bonds is 4. The lowest BCUT2D eigenvalue weighted by Crippen LogP contribution is -2.13. The molecule has 0 bridgehead atoms. The highest BCUT2D eigenvalue weighted by Crippen LogP contribution is 2.20. The van der Waals surface area contributed by atoms with Crippen LogP contribution in [0.25, 0.3) is 0 Å². The molecule has 2 nitrogen and oxygen atoms in total. The summed E-state index contributed by atoms with van der Waals surface area (Å²) in [6.45, 7) is 7.12. The highest BCUT2D eigenvalue weighted by atomic mass is 19.1. The zero-order valence-corrected chi connectivity index (χ0v) is 9.70. The molecule has 1 aromatic heterocycles. The summed E-state index contributed by atoms with van der Waals surface area (Å²) >= 11 is 0. The van der Waals surface area contributed by atoms with Crippen LogP contribution in [0.3, 0.4) is 0 Å². The molecular formula is C13H17FN2. The standard InChI is InChI=1S/C13H17FN2/c1-9(7-11(3)14)8-12(15)13-10(2)5-4-6-16-13/h4-7,12H,1,8,15H2,2-3H3. The molecule has 2 N–H and O–H groups in total. The zero-order valence-electron chi connectivity index (χ0n) is 9.70. The fraction of sp³-hybridized carbons (Fsp3) is 0.308. The molecule has 0 aliphatic rings. The van der Waals surface area contributed by atoms with Gasteiger partial charge in [-0.05, 0) is 38.0 Å². The topological polar surface area (TPSA) is 38.9 Å². The summed E-state index contributed by atoms with van der Waals surface area (Å²) < 4.78 is 12.6. The van der Waals surface area contributed by atoms with Crippen molar-refractivity contribution in [2.24, 2.45) is 5.73 Å². The highest BCUT2D eigenvalue weighted by molar-refractivity contribution is 5.25. The third kappa shape index (κ3) is 3.59. The van der Waals surface area contributed by atoms with Gasteiger partial charge in [-0.25, -0.2) is 4.39 Å². The molecule has 1 atom stereocenters. The van der Waals surface area contributed by atoms with Crippen LogP contribution in [0.5, 0.6) is 0 Å². The lowest BCUT2D eigenvalue weighted by atomic mass is 10.0. The van der Waals surface area contributed by atoms with Gasteiger partial charge < -0.3 is 5.73 Å². The summed E-state index contributed by atoms with van der Waals surface area (Å²) in [6.07, 6.45) is 3.62. The van der Waals surface area contributed by atoms with Gasteiger partial charge in [0.1, 0.15) is 0 Å². The van der Waals surface area contributed by atoms with E-state index < -0.39 is 0 Å². The van der Waals surface area contributed by atoms with Crippen molar-refractivity contribution in [3.05, 3.63) is 53.6 Å². The maximum absolute atomic E-state index is 12.6. The number of hydrogen-bond acceptors (Lipinski definition) is 2. The fourth-order valence-corrected chi connectivity index (χ4v) is 1.61. The minimum atomic E-state index is -0.255. The Hall–Kier alpha value is -1.48. The molecule has 0 saturated carbocycles. The van der Waals surface area contributed by atoms with E-state index in [-0.39, 0.29) is 11.9 Å². The number of aromatic nitrogens is 1. The number of nitrogens with two attached hydrogens (primary N) is 1. The molecule has 0 saturated heterocycles. The number of pyridine rings is 1. The molecule has 0 aliphatic heterocycles. The Morgan fingerprint density at radius 1 is 1.69 bits per heavy atom. The monoisotopic (exact) mass is 220 g/mol. The van der Waals surface area contributed by atoms with Crippen LogP contribution in [0.1, 0.15) is 30.6 Å². The number of allylic oxidation sites excluding steroid dienone is 2. The SMILES string of the molecule is C=C(C=C(C)F)CC(N)c1ncccc1C. The van der Waals surface area contributed by atoms with Crippen molar-refractivity contribution >= 4 is 0 Å². The minimum absolute atomic E-state index is 0.232. The quantitative estimate of drug-likeness (QED) is 0.791. The van der Waals surface area contributed by atoms with Gasteiger partial charge in [-0.2, -0.15) is 0 Å². The van der Waals surface area contributed by atoms with Gasteiger partial charge in [-0.15, -0.1) is 0 Å². The van der Waals surface area contributed by atoms with Gasteiger partial charge in [0.05, 0.1) is 17.6 Å². The van der Waals surface area contributed by atoms with E-state index in [0.29, 0.717) is 12.0 Å². The van der Waals surface area contributed by atoms with E-state index >= 15 is 0 Å². The minimum Gasteiger partial charge on any atom is -0.322 e. The van der Waals surface area contributed by atoms with Crippen molar-refractivity contribution in [1.82, 2.24) is 4.98 Å². The Labute approximate surface area is 95.7 Å². The molecule has 0 aromatic carbocycles. The molecule has 0 spiro atoms. The first kappa shape index (κ1) is 12.6. The Kier molecular flexibility index (Phi) is 4.38. The fourth-order valence-electron chi connectivity index (χ4n) is 1.61. The molecule has 1 aromatic rings. The summed E-state index contributed by atoms with van der Waals surface area (Å²) in [5.74, 6) is -0.255. The maximum atomic E-state index is 12.6. The van der Waals surface area contributed by atoms with Gasteiger partial charge in [-0.3, -0.25) is 4.98 Å². The van der Waals surface area contributed by atoms with E-state index in [4.69, 9.17) is 5.73 Å². The Balaban J connectivity index is 2.73. The third-order valence-electron chi connectivity index (χ3n) is 2.29. The summed E-state index contributed by atoms with van der Waals surface area (Å²) in [6, 6.07) is 3.59. The zero-order chi connectivity index (χ0) is 12.1. The molecule has 3 heteroatoms. The molecule has 0 aliphatic carbocycles. The lowest BCUT2D eigenvalue weighted by Gasteiger charge is -2.13. The molecular weight excluding hydrogens is 203 g/mol. The van der Waals surface area contributed by atoms with E-state index in [1.807, 2.05) is 19.1 Å². The number of hydrogen-bond donors (Lipinski definition) is 1. The van der Waals surface area contributed by atoms with Crippen LogP contribution in [-0.4, -0.2) is 4.98 Å². The first-order valence-electron chi connectivity index (χ1n) is 5.19. The van der Waals surface area contributed by atoms with E-state index in [1.165, 1.54) is 13.0 Å². The first-order valence-corrected chi connectivity index (χ1v) is 5.19. The second-order valence-corrected chi connectivity index (χ2v) is 3.91. The number of halogens is 1. The first-order chi connectivity index (χ1) is 7.50. The van der Waals surface area contributed by atoms with Crippen molar-refractivity contribution in [3.8, 4) is 0 Å². The van der Waals surface area contributed by atoms with Crippen LogP contribution in [0.15, 0.2) is 42.4 Å². The van der Waals surface area contributed by atoms with Crippen molar-refractivity contribution < 1.29 is 4.39 Å². The van der Waals surface area contributed by atoms with E-state index in [9.17, 15) is 4.39 Å². The van der Waals surface area contributed by atoms with Gasteiger partial charge in [0.15, 0.2) is 0 Å². The van der Waals surface area contributed by atoms with Crippen LogP contribution in [0.2, 0.25) is 0 Å². The lowest BCUT2D eigenvalue weighted by molar-refractivity contribution is 0.634. The molecule has 1 unspecified atom stereocenters. The van der Waals surface area contributed by atoms with Gasteiger partial charge in [0.25, 0.3) is 0 Å². The van der Waals surface area contributed by atoms with E-state index in [1.54, 1.807) is 6.20 Å². The molecule has 0 amide bonds. The van der Waals surface area contributed by atoms with Crippen molar-refractivity contribution in [1.29, 1.82) is 0 Å². The maximum Gasteiger partial charge on any atom is 0.0971 e. The van der Waals surface area contributed by atoms with E-state index in [2.05, 4.69) is 11.6 Å². The van der Waals surface area contributed by atoms with Crippen molar-refractivity contribution in [2.45, 2.75) is 26.3 Å². The van der Waals surface area contributed by atoms with Gasteiger partial charge in [0, 0.05) is 6.20 Å². The second kappa shape index (κ2) is 5.56. The van der Waals surface area contributed by atoms with Crippen LogP contribution < -0.4 is 5.73 Å². The van der Waals surface area contributed by atoms with Gasteiger partial charge in [0.2, 0.25) is 0 Å². The van der Waals surface area contributed by atoms with Crippen LogP contribution in [0.4, 0.5) is 4.39 Å². The van der Waals surface area contributed by atoms with Crippen molar-refractivity contribution in [3.63, 3.8) is 0 Å². The largest absolute Gasteiger partial charge is 0.322 e. The number of nitrogens with zero attached hydrogens (tertiary/aromatic N) is 1. The Morgan fingerprint density at radius 2 is 2.38 bits per heavy atom. The third-order valence-corrected chi connectivity index (χ3v) is 2.29. The molecule has 16 heavy (non-hydrogen) atoms. The summed E-state index contributed by atoms with van der Waals surface area (Å²) in [5, 5.41) is 0. The van der Waals surface area contributed by atoms with Crippen molar-refractivity contribution in [2.75, 3.05) is 0 Å². The predicted molar refractivity (Wildman–Crippen MR) is 64.5 cm³/mol. The average Bonchev–Trinajstić information content (AvgIpc) is 2.16. The van der Waals surface area contributed by atoms with Gasteiger partial charge >= 0.3 is 0 Å². The molecule has 1 heterocycles. The van der Waals surface area contributed by atoms with Gasteiger partial charge in [-0.1, -0.05) is 18.2 Å². The highest BCUT2D eigenvalue weighted by Gasteiger charge is 2.10.